The van der Waals surface area contributed by atoms with E-state index >= 15 is 0 Å². The topological polar surface area (TPSA) is 47.4 Å². The van der Waals surface area contributed by atoms with Gasteiger partial charge in [-0.25, -0.2) is 4.98 Å². The minimum absolute atomic E-state index is 0.0935. The van der Waals surface area contributed by atoms with Crippen molar-refractivity contribution in [2.75, 3.05) is 19.7 Å². The van der Waals surface area contributed by atoms with Crippen molar-refractivity contribution in [3.8, 4) is 5.75 Å². The molecule has 0 bridgehead atoms. The van der Waals surface area contributed by atoms with E-state index in [1.54, 1.807) is 6.08 Å². The van der Waals surface area contributed by atoms with Gasteiger partial charge in [-0.15, -0.1) is 6.58 Å². The maximum atomic E-state index is 12.4. The van der Waals surface area contributed by atoms with E-state index in [9.17, 15) is 4.79 Å². The van der Waals surface area contributed by atoms with Crippen molar-refractivity contribution in [3.63, 3.8) is 0 Å². The number of carbonyl (C=O) groups is 1. The molecule has 1 atom stereocenters. The molecule has 1 aliphatic heterocycles. The third-order valence-corrected chi connectivity index (χ3v) is 5.52. The number of rotatable bonds is 7. The number of hydrogen-bond donors (Lipinski definition) is 0. The van der Waals surface area contributed by atoms with Crippen LogP contribution in [0.2, 0.25) is 0 Å². The first-order chi connectivity index (χ1) is 14.1. The highest BCUT2D eigenvalue weighted by Gasteiger charge is 2.33. The van der Waals surface area contributed by atoms with Crippen molar-refractivity contribution >= 4 is 16.9 Å². The number of fused-ring (bicyclic) bond motifs is 1. The lowest BCUT2D eigenvalue weighted by atomic mass is 10.1. The Kier molecular flexibility index (Phi) is 5.38. The normalized spacial score (nSPS) is 16.6. The second-order valence-electron chi connectivity index (χ2n) is 7.72. The van der Waals surface area contributed by atoms with E-state index in [0.717, 1.165) is 28.2 Å². The molecule has 0 aliphatic carbocycles. The van der Waals surface area contributed by atoms with Gasteiger partial charge >= 0.3 is 0 Å². The molecular formula is C24H27N3O2. The molecule has 150 valence electrons. The number of para-hydroxylation sites is 2. The third kappa shape index (κ3) is 3.90. The van der Waals surface area contributed by atoms with E-state index in [-0.39, 0.29) is 11.8 Å². The molecule has 1 aromatic heterocycles. The Balaban J connectivity index is 1.57. The van der Waals surface area contributed by atoms with Crippen LogP contribution in [0.5, 0.6) is 5.75 Å². The minimum Gasteiger partial charge on any atom is -0.491 e. The van der Waals surface area contributed by atoms with Crippen molar-refractivity contribution in [1.29, 1.82) is 0 Å². The molecule has 5 nitrogen and oxygen atoms in total. The molecule has 1 aliphatic rings. The highest BCUT2D eigenvalue weighted by Crippen LogP contribution is 2.30. The summed E-state index contributed by atoms with van der Waals surface area (Å²) in [6.45, 7) is 10.4. The fourth-order valence-corrected chi connectivity index (χ4v) is 4.13. The summed E-state index contributed by atoms with van der Waals surface area (Å²) in [6.07, 6.45) is 2.27. The Morgan fingerprint density at radius 3 is 2.86 bits per heavy atom. The predicted molar refractivity (Wildman–Crippen MR) is 115 cm³/mol. The van der Waals surface area contributed by atoms with Gasteiger partial charge in [0.15, 0.2) is 0 Å². The molecule has 0 N–H and O–H groups in total. The van der Waals surface area contributed by atoms with Crippen molar-refractivity contribution in [2.45, 2.75) is 32.7 Å². The van der Waals surface area contributed by atoms with Gasteiger partial charge in [0, 0.05) is 25.4 Å². The van der Waals surface area contributed by atoms with Gasteiger partial charge in [-0.1, -0.05) is 35.9 Å². The zero-order valence-electron chi connectivity index (χ0n) is 17.1. The molecule has 0 radical (unpaired) electrons. The number of amides is 1. The predicted octanol–water partition coefficient (Wildman–Crippen LogP) is 4.23. The van der Waals surface area contributed by atoms with Crippen LogP contribution in [0, 0.1) is 13.8 Å². The van der Waals surface area contributed by atoms with E-state index in [0.29, 0.717) is 32.7 Å². The van der Waals surface area contributed by atoms with Crippen LogP contribution in [0.3, 0.4) is 0 Å². The second-order valence-corrected chi connectivity index (χ2v) is 7.72. The average Bonchev–Trinajstić information content (AvgIpc) is 3.25. The highest BCUT2D eigenvalue weighted by molar-refractivity contribution is 5.81. The molecule has 2 aromatic carbocycles. The van der Waals surface area contributed by atoms with Crippen LogP contribution in [0.15, 0.2) is 55.1 Å². The van der Waals surface area contributed by atoms with Crippen LogP contribution in [0.25, 0.3) is 11.0 Å². The van der Waals surface area contributed by atoms with Crippen LogP contribution >= 0.6 is 0 Å². The number of aryl methyl sites for hydroxylation is 2. The van der Waals surface area contributed by atoms with Gasteiger partial charge in [0.1, 0.15) is 18.2 Å². The molecule has 0 saturated carbocycles. The summed E-state index contributed by atoms with van der Waals surface area (Å²) in [6, 6.07) is 14.4. The summed E-state index contributed by atoms with van der Waals surface area (Å²) in [4.78, 5) is 19.1. The fraction of sp³-hybridized carbons (Fsp3) is 0.333. The van der Waals surface area contributed by atoms with Gasteiger partial charge in [-0.2, -0.15) is 0 Å². The van der Waals surface area contributed by atoms with Crippen LogP contribution in [0.4, 0.5) is 0 Å². The Morgan fingerprint density at radius 2 is 2.07 bits per heavy atom. The summed E-state index contributed by atoms with van der Waals surface area (Å²) in [7, 11) is 0. The van der Waals surface area contributed by atoms with Crippen molar-refractivity contribution < 1.29 is 9.53 Å². The molecule has 0 spiro atoms. The molecule has 1 amide bonds. The van der Waals surface area contributed by atoms with Crippen molar-refractivity contribution in [1.82, 2.24) is 14.5 Å². The fourth-order valence-electron chi connectivity index (χ4n) is 4.13. The highest BCUT2D eigenvalue weighted by atomic mass is 16.5. The molecule has 2 heterocycles. The van der Waals surface area contributed by atoms with Gasteiger partial charge < -0.3 is 14.2 Å². The quantitative estimate of drug-likeness (QED) is 0.568. The molecule has 4 rings (SSSR count). The zero-order chi connectivity index (χ0) is 20.4. The second kappa shape index (κ2) is 8.11. The Labute approximate surface area is 171 Å². The number of imidazole rings is 1. The summed E-state index contributed by atoms with van der Waals surface area (Å²) >= 11 is 0. The molecule has 1 fully saturated rings. The maximum absolute atomic E-state index is 12.4. The van der Waals surface area contributed by atoms with Gasteiger partial charge in [0.25, 0.3) is 0 Å². The molecule has 1 saturated heterocycles. The SMILES string of the molecule is C=CCN1C[C@@H](c2nc3ccccc3n2CCOc2ccc(C)cc2C)CC1=O. The van der Waals surface area contributed by atoms with Crippen LogP contribution in [-0.2, 0) is 11.3 Å². The Bertz CT molecular complexity index is 1050. The molecule has 29 heavy (non-hydrogen) atoms. The maximum Gasteiger partial charge on any atom is 0.223 e. The molecule has 3 aromatic rings. The molecular weight excluding hydrogens is 362 g/mol. The van der Waals surface area contributed by atoms with Crippen LogP contribution < -0.4 is 4.74 Å². The number of carbonyl (C=O) groups excluding carboxylic acids is 1. The number of ether oxygens (including phenoxy) is 1. The largest absolute Gasteiger partial charge is 0.491 e. The number of hydrogen-bond acceptors (Lipinski definition) is 3. The lowest BCUT2D eigenvalue weighted by Crippen LogP contribution is -2.25. The average molecular weight is 389 g/mol. The number of aromatic nitrogens is 2. The van der Waals surface area contributed by atoms with Crippen molar-refractivity contribution in [3.05, 3.63) is 72.1 Å². The number of benzene rings is 2. The Morgan fingerprint density at radius 1 is 1.24 bits per heavy atom. The zero-order valence-corrected chi connectivity index (χ0v) is 17.1. The first-order valence-electron chi connectivity index (χ1n) is 10.1. The van der Waals surface area contributed by atoms with Crippen LogP contribution in [0.1, 0.15) is 29.3 Å². The van der Waals surface area contributed by atoms with Gasteiger partial charge in [0.2, 0.25) is 5.91 Å². The number of likely N-dealkylation sites (tertiary alicyclic amines) is 1. The van der Waals surface area contributed by atoms with Gasteiger partial charge in [0.05, 0.1) is 17.6 Å². The van der Waals surface area contributed by atoms with E-state index < -0.39 is 0 Å². The first-order valence-corrected chi connectivity index (χ1v) is 10.1. The molecule has 5 heteroatoms. The minimum atomic E-state index is 0.0935. The van der Waals surface area contributed by atoms with Crippen molar-refractivity contribution in [2.24, 2.45) is 0 Å². The smallest absolute Gasteiger partial charge is 0.223 e. The van der Waals surface area contributed by atoms with Gasteiger partial charge in [-0.05, 0) is 37.6 Å². The monoisotopic (exact) mass is 389 g/mol. The first kappa shape index (κ1) is 19.2. The van der Waals surface area contributed by atoms with E-state index in [1.807, 2.05) is 29.2 Å². The van der Waals surface area contributed by atoms with E-state index in [2.05, 4.69) is 43.2 Å². The van der Waals surface area contributed by atoms with Crippen LogP contribution in [-0.4, -0.2) is 40.1 Å². The Hall–Kier alpha value is -3.08. The summed E-state index contributed by atoms with van der Waals surface area (Å²) in [5.74, 6) is 2.14. The van der Waals surface area contributed by atoms with Gasteiger partial charge in [-0.3, -0.25) is 4.79 Å². The summed E-state index contributed by atoms with van der Waals surface area (Å²) in [5, 5.41) is 0. The summed E-state index contributed by atoms with van der Waals surface area (Å²) < 4.78 is 8.29. The lowest BCUT2D eigenvalue weighted by molar-refractivity contribution is -0.127. The van der Waals surface area contributed by atoms with E-state index in [1.165, 1.54) is 5.56 Å². The van der Waals surface area contributed by atoms with E-state index in [4.69, 9.17) is 9.72 Å². The summed E-state index contributed by atoms with van der Waals surface area (Å²) in [5.41, 5.74) is 4.42. The standard InChI is InChI=1S/C24H27N3O2/c1-4-11-26-16-19(15-23(26)28)24-25-20-7-5-6-8-21(20)27(24)12-13-29-22-10-9-17(2)14-18(22)3/h4-10,14,19H,1,11-13,15-16H2,2-3H3/t19-/m0/s1. The molecule has 0 unspecified atom stereocenters. The lowest BCUT2D eigenvalue weighted by Gasteiger charge is -2.16. The third-order valence-electron chi connectivity index (χ3n) is 5.52. The number of nitrogens with zero attached hydrogens (tertiary/aromatic N) is 3.